The van der Waals surface area contributed by atoms with Gasteiger partial charge in [-0.3, -0.25) is 9.69 Å². The van der Waals surface area contributed by atoms with Crippen LogP contribution in [0.4, 0.5) is 10.5 Å². The molecule has 2 aromatic rings. The smallest absolute Gasteiger partial charge is 0.411 e. The van der Waals surface area contributed by atoms with Crippen molar-refractivity contribution in [1.29, 1.82) is 0 Å². The summed E-state index contributed by atoms with van der Waals surface area (Å²) in [7, 11) is -3.85. The third-order valence-electron chi connectivity index (χ3n) is 5.01. The number of nitrogens with one attached hydrogen (secondary N) is 1. The number of hydrogen-bond acceptors (Lipinski definition) is 6. The van der Waals surface area contributed by atoms with E-state index in [4.69, 9.17) is 9.15 Å². The van der Waals surface area contributed by atoms with Gasteiger partial charge in [-0.25, -0.2) is 13.2 Å². The molecule has 3 rings (SSSR count). The monoisotopic (exact) mass is 475 g/mol. The summed E-state index contributed by atoms with van der Waals surface area (Å²) in [5, 5.41) is 2.58. The summed E-state index contributed by atoms with van der Waals surface area (Å²) in [5.41, 5.74) is -0.232. The molecule has 1 aromatic carbocycles. The van der Waals surface area contributed by atoms with E-state index in [1.165, 1.54) is 33.5 Å². The van der Waals surface area contributed by atoms with Crippen LogP contribution in [0.3, 0.4) is 0 Å². The summed E-state index contributed by atoms with van der Waals surface area (Å²) in [6.07, 6.45) is 0.603. The van der Waals surface area contributed by atoms with Crippen molar-refractivity contribution in [1.82, 2.24) is 9.21 Å². The summed E-state index contributed by atoms with van der Waals surface area (Å²) < 4.78 is 39.2. The Balaban J connectivity index is 1.85. The maximum atomic E-state index is 13.3. The number of sulfonamides is 1. The van der Waals surface area contributed by atoms with E-state index in [1.54, 1.807) is 39.8 Å². The minimum absolute atomic E-state index is 0.0173. The van der Waals surface area contributed by atoms with Crippen molar-refractivity contribution >= 4 is 27.7 Å². The first kappa shape index (κ1) is 24.5. The summed E-state index contributed by atoms with van der Waals surface area (Å²) in [6, 6.07) is 8.76. The van der Waals surface area contributed by atoms with E-state index in [0.29, 0.717) is 17.2 Å². The normalized spacial score (nSPS) is 17.5. The first-order chi connectivity index (χ1) is 15.4. The van der Waals surface area contributed by atoms with Gasteiger partial charge in [-0.1, -0.05) is 6.58 Å². The maximum absolute atomic E-state index is 13.3. The van der Waals surface area contributed by atoms with Gasteiger partial charge in [0.2, 0.25) is 15.9 Å². The maximum Gasteiger partial charge on any atom is 0.411 e. The summed E-state index contributed by atoms with van der Waals surface area (Å²) in [4.78, 5) is 25.9. The Kier molecular flexibility index (Phi) is 6.99. The topological polar surface area (TPSA) is 109 Å². The average Bonchev–Trinajstić information content (AvgIpc) is 3.18. The van der Waals surface area contributed by atoms with Crippen LogP contribution in [0, 0.1) is 6.92 Å². The van der Waals surface area contributed by atoms with Crippen molar-refractivity contribution < 1.29 is 27.2 Å². The van der Waals surface area contributed by atoms with Gasteiger partial charge in [0.15, 0.2) is 0 Å². The van der Waals surface area contributed by atoms with Crippen LogP contribution in [0.15, 0.2) is 58.4 Å². The molecule has 1 aliphatic heterocycles. The van der Waals surface area contributed by atoms with Gasteiger partial charge in [0.1, 0.15) is 23.2 Å². The fraction of sp³-hybridized carbons (Fsp3) is 0.391. The third kappa shape index (κ3) is 5.82. The zero-order chi connectivity index (χ0) is 24.4. The van der Waals surface area contributed by atoms with Crippen LogP contribution in [0.1, 0.15) is 38.3 Å². The van der Waals surface area contributed by atoms with Crippen LogP contribution in [-0.2, 0) is 19.6 Å². The molecular formula is C23H29N3O6S. The Morgan fingerprint density at radius 2 is 1.82 bits per heavy atom. The number of piperazine rings is 1. The quantitative estimate of drug-likeness (QED) is 0.661. The Bertz CT molecular complexity index is 1130. The molecule has 1 atom stereocenters. The lowest BCUT2D eigenvalue weighted by molar-refractivity contribution is -0.111. The van der Waals surface area contributed by atoms with Crippen LogP contribution in [0.2, 0.25) is 0 Å². The zero-order valence-corrected chi connectivity index (χ0v) is 20.0. The third-order valence-corrected chi connectivity index (χ3v) is 6.89. The number of ether oxygens (including phenoxy) is 1. The Labute approximate surface area is 194 Å². The minimum Gasteiger partial charge on any atom is -0.464 e. The molecule has 2 heterocycles. The molecule has 2 amide bonds. The predicted molar refractivity (Wildman–Crippen MR) is 123 cm³/mol. The van der Waals surface area contributed by atoms with Crippen molar-refractivity contribution in [2.24, 2.45) is 0 Å². The number of furan rings is 1. The number of carbonyl (C=O) groups excluding carboxylic acids is 2. The van der Waals surface area contributed by atoms with Crippen molar-refractivity contribution in [3.63, 3.8) is 0 Å². The second-order valence-corrected chi connectivity index (χ2v) is 10.7. The second-order valence-electron chi connectivity index (χ2n) is 8.72. The van der Waals surface area contributed by atoms with Crippen molar-refractivity contribution in [2.75, 3.05) is 25.0 Å². The van der Waals surface area contributed by atoms with Crippen LogP contribution in [0.5, 0.6) is 0 Å². The second kappa shape index (κ2) is 9.40. The highest BCUT2D eigenvalue weighted by atomic mass is 32.2. The van der Waals surface area contributed by atoms with Gasteiger partial charge in [-0.2, -0.15) is 4.31 Å². The van der Waals surface area contributed by atoms with E-state index in [2.05, 4.69) is 11.9 Å². The first-order valence-corrected chi connectivity index (χ1v) is 11.9. The largest absolute Gasteiger partial charge is 0.464 e. The number of anilines is 1. The highest BCUT2D eigenvalue weighted by Crippen LogP contribution is 2.31. The Morgan fingerprint density at radius 1 is 1.15 bits per heavy atom. The molecule has 10 heteroatoms. The SMILES string of the molecule is C=CC(=O)Nc1ccc(S(=O)(=O)N2CCN(C(=O)OC(C)(C)C)C(c3ccc(C)o3)C2)cc1. The van der Waals surface area contributed by atoms with Gasteiger partial charge in [-0.15, -0.1) is 0 Å². The molecule has 0 aliphatic carbocycles. The van der Waals surface area contributed by atoms with Crippen LogP contribution < -0.4 is 5.32 Å². The number of carbonyl (C=O) groups is 2. The van der Waals surface area contributed by atoms with Gasteiger partial charge < -0.3 is 14.5 Å². The highest BCUT2D eigenvalue weighted by molar-refractivity contribution is 7.89. The predicted octanol–water partition coefficient (Wildman–Crippen LogP) is 3.70. The molecule has 1 N–H and O–H groups in total. The van der Waals surface area contributed by atoms with Gasteiger partial charge in [0.25, 0.3) is 0 Å². The first-order valence-electron chi connectivity index (χ1n) is 10.5. The molecule has 0 spiro atoms. The lowest BCUT2D eigenvalue weighted by Gasteiger charge is -2.40. The molecule has 33 heavy (non-hydrogen) atoms. The lowest BCUT2D eigenvalue weighted by Crippen LogP contribution is -2.53. The molecule has 9 nitrogen and oxygen atoms in total. The molecule has 1 unspecified atom stereocenters. The van der Waals surface area contributed by atoms with Gasteiger partial charge in [-0.05, 0) is 70.2 Å². The van der Waals surface area contributed by atoms with E-state index < -0.39 is 27.8 Å². The standard InChI is InChI=1S/C23H29N3O6S/c1-6-21(27)24-17-8-10-18(11-9-17)33(29,30)25-13-14-26(22(28)32-23(3,4)5)19(15-25)20-12-7-16(2)31-20/h6-12,19H,1,13-15H2,2-5H3,(H,24,27). The highest BCUT2D eigenvalue weighted by Gasteiger charge is 2.40. The molecule has 0 bridgehead atoms. The van der Waals surface area contributed by atoms with E-state index in [1.807, 2.05) is 0 Å². The number of rotatable bonds is 5. The van der Waals surface area contributed by atoms with Crippen molar-refractivity contribution in [3.8, 4) is 0 Å². The van der Waals surface area contributed by atoms with Gasteiger partial charge >= 0.3 is 6.09 Å². The number of nitrogens with zero attached hydrogens (tertiary/aromatic N) is 2. The van der Waals surface area contributed by atoms with Gasteiger partial charge in [0.05, 0.1) is 4.90 Å². The molecule has 1 saturated heterocycles. The van der Waals surface area contributed by atoms with Crippen LogP contribution >= 0.6 is 0 Å². The summed E-state index contributed by atoms with van der Waals surface area (Å²) in [6.45, 7) is 10.8. The average molecular weight is 476 g/mol. The summed E-state index contributed by atoms with van der Waals surface area (Å²) >= 11 is 0. The molecule has 0 saturated carbocycles. The minimum atomic E-state index is -3.85. The molecule has 0 radical (unpaired) electrons. The fourth-order valence-electron chi connectivity index (χ4n) is 3.44. The van der Waals surface area contributed by atoms with Crippen LogP contribution in [0.25, 0.3) is 0 Å². The number of hydrogen-bond donors (Lipinski definition) is 1. The van der Waals surface area contributed by atoms with Crippen molar-refractivity contribution in [2.45, 2.75) is 44.2 Å². The number of aryl methyl sites for hydroxylation is 1. The fourth-order valence-corrected chi connectivity index (χ4v) is 4.88. The van der Waals surface area contributed by atoms with E-state index in [9.17, 15) is 18.0 Å². The Hall–Kier alpha value is -3.11. The number of amides is 2. The van der Waals surface area contributed by atoms with E-state index in [-0.39, 0.29) is 30.4 Å². The molecule has 178 valence electrons. The zero-order valence-electron chi connectivity index (χ0n) is 19.2. The summed E-state index contributed by atoms with van der Waals surface area (Å²) in [5.74, 6) is 0.757. The molecule has 1 fully saturated rings. The van der Waals surface area contributed by atoms with E-state index in [0.717, 1.165) is 6.08 Å². The van der Waals surface area contributed by atoms with Crippen molar-refractivity contribution in [3.05, 3.63) is 60.6 Å². The molecule has 1 aromatic heterocycles. The van der Waals surface area contributed by atoms with Crippen LogP contribution in [-0.4, -0.2) is 54.9 Å². The number of benzene rings is 1. The van der Waals surface area contributed by atoms with E-state index >= 15 is 0 Å². The molecular weight excluding hydrogens is 446 g/mol. The van der Waals surface area contributed by atoms with Gasteiger partial charge in [0, 0.05) is 25.3 Å². The lowest BCUT2D eigenvalue weighted by atomic mass is 10.1. The molecule has 1 aliphatic rings. The Morgan fingerprint density at radius 3 is 2.36 bits per heavy atom.